The van der Waals surface area contributed by atoms with Gasteiger partial charge in [0.25, 0.3) is 5.69 Å². The number of benzene rings is 2. The Bertz CT molecular complexity index is 584. The summed E-state index contributed by atoms with van der Waals surface area (Å²) in [6, 6.07) is 12.3. The van der Waals surface area contributed by atoms with Crippen molar-refractivity contribution in [2.45, 2.75) is 13.0 Å². The molecular weight excluding hydrogens is 247 g/mol. The highest BCUT2D eigenvalue weighted by molar-refractivity contribution is 5.61. The molecular formula is C14H13FN2O2. The number of nitro groups is 1. The molecule has 0 aliphatic carbocycles. The molecule has 0 fully saturated rings. The van der Waals surface area contributed by atoms with E-state index in [2.05, 4.69) is 5.32 Å². The zero-order valence-electron chi connectivity index (χ0n) is 10.3. The van der Waals surface area contributed by atoms with E-state index in [0.29, 0.717) is 5.69 Å². The fourth-order valence-electron chi connectivity index (χ4n) is 1.82. The summed E-state index contributed by atoms with van der Waals surface area (Å²) in [7, 11) is 0. The van der Waals surface area contributed by atoms with Gasteiger partial charge in [0.2, 0.25) is 0 Å². The van der Waals surface area contributed by atoms with E-state index in [4.69, 9.17) is 0 Å². The van der Waals surface area contributed by atoms with Crippen LogP contribution >= 0.6 is 0 Å². The van der Waals surface area contributed by atoms with Crippen LogP contribution in [0.3, 0.4) is 0 Å². The average molecular weight is 260 g/mol. The van der Waals surface area contributed by atoms with Gasteiger partial charge < -0.3 is 5.32 Å². The molecule has 0 aliphatic rings. The maximum atomic E-state index is 12.8. The highest BCUT2D eigenvalue weighted by atomic mass is 19.1. The van der Waals surface area contributed by atoms with Crippen molar-refractivity contribution in [3.8, 4) is 0 Å². The number of nitrogens with one attached hydrogen (secondary N) is 1. The molecule has 0 amide bonds. The molecule has 5 heteroatoms. The summed E-state index contributed by atoms with van der Waals surface area (Å²) in [5.74, 6) is -0.304. The molecule has 19 heavy (non-hydrogen) atoms. The molecule has 1 atom stereocenters. The number of nitrogens with zero attached hydrogens (tertiary/aromatic N) is 1. The summed E-state index contributed by atoms with van der Waals surface area (Å²) in [5, 5.41) is 14.0. The Morgan fingerprint density at radius 1 is 1.16 bits per heavy atom. The van der Waals surface area contributed by atoms with Crippen molar-refractivity contribution in [1.82, 2.24) is 0 Å². The standard InChI is InChI=1S/C14H13FN2O2/c1-10(11-6-8-12(15)9-7-11)16-13-4-2-3-5-14(13)17(18)19/h2-10,16H,1H3. The predicted molar refractivity (Wildman–Crippen MR) is 71.5 cm³/mol. The SMILES string of the molecule is CC(Nc1ccccc1[N+](=O)[O-])c1ccc(F)cc1. The molecule has 0 heterocycles. The largest absolute Gasteiger partial charge is 0.373 e. The van der Waals surface area contributed by atoms with Crippen molar-refractivity contribution in [1.29, 1.82) is 0 Å². The maximum Gasteiger partial charge on any atom is 0.292 e. The maximum absolute atomic E-state index is 12.8. The molecule has 0 spiro atoms. The Balaban J connectivity index is 2.21. The van der Waals surface area contributed by atoms with Crippen molar-refractivity contribution in [2.75, 3.05) is 5.32 Å². The van der Waals surface area contributed by atoms with Gasteiger partial charge in [-0.05, 0) is 30.7 Å². The van der Waals surface area contributed by atoms with Gasteiger partial charge in [-0.25, -0.2) is 4.39 Å². The van der Waals surface area contributed by atoms with Crippen LogP contribution < -0.4 is 5.32 Å². The molecule has 0 saturated carbocycles. The van der Waals surface area contributed by atoms with E-state index in [1.54, 1.807) is 30.3 Å². The monoisotopic (exact) mass is 260 g/mol. The van der Waals surface area contributed by atoms with Gasteiger partial charge in [0.15, 0.2) is 0 Å². The Kier molecular flexibility index (Phi) is 3.75. The van der Waals surface area contributed by atoms with Crippen molar-refractivity contribution < 1.29 is 9.31 Å². The van der Waals surface area contributed by atoms with E-state index in [0.717, 1.165) is 5.56 Å². The summed E-state index contributed by atoms with van der Waals surface area (Å²) >= 11 is 0. The summed E-state index contributed by atoms with van der Waals surface area (Å²) < 4.78 is 12.8. The zero-order valence-corrected chi connectivity index (χ0v) is 10.3. The van der Waals surface area contributed by atoms with Gasteiger partial charge in [-0.3, -0.25) is 10.1 Å². The molecule has 0 aromatic heterocycles. The van der Waals surface area contributed by atoms with Gasteiger partial charge >= 0.3 is 0 Å². The molecule has 2 aromatic carbocycles. The van der Waals surface area contributed by atoms with Crippen LogP contribution in [-0.2, 0) is 0 Å². The Morgan fingerprint density at radius 2 is 1.79 bits per heavy atom. The lowest BCUT2D eigenvalue weighted by Crippen LogP contribution is -2.08. The fourth-order valence-corrected chi connectivity index (χ4v) is 1.82. The molecule has 2 rings (SSSR count). The highest BCUT2D eigenvalue weighted by Gasteiger charge is 2.14. The lowest BCUT2D eigenvalue weighted by molar-refractivity contribution is -0.384. The minimum Gasteiger partial charge on any atom is -0.373 e. The number of para-hydroxylation sites is 2. The molecule has 0 saturated heterocycles. The van der Waals surface area contributed by atoms with E-state index < -0.39 is 4.92 Å². The van der Waals surface area contributed by atoms with Crippen LogP contribution in [0.25, 0.3) is 0 Å². The lowest BCUT2D eigenvalue weighted by atomic mass is 10.1. The number of anilines is 1. The molecule has 0 bridgehead atoms. The molecule has 1 unspecified atom stereocenters. The molecule has 98 valence electrons. The van der Waals surface area contributed by atoms with E-state index in [1.807, 2.05) is 6.92 Å². The number of hydrogen-bond acceptors (Lipinski definition) is 3. The fraction of sp³-hybridized carbons (Fsp3) is 0.143. The predicted octanol–water partition coefficient (Wildman–Crippen LogP) is 3.91. The Morgan fingerprint density at radius 3 is 2.42 bits per heavy atom. The van der Waals surface area contributed by atoms with Crippen LogP contribution in [0.4, 0.5) is 15.8 Å². The molecule has 0 radical (unpaired) electrons. The third-order valence-corrected chi connectivity index (χ3v) is 2.84. The second kappa shape index (κ2) is 5.48. The van der Waals surface area contributed by atoms with Crippen molar-refractivity contribution >= 4 is 11.4 Å². The van der Waals surface area contributed by atoms with Crippen molar-refractivity contribution in [3.05, 3.63) is 70.0 Å². The second-order valence-corrected chi connectivity index (χ2v) is 4.19. The summed E-state index contributed by atoms with van der Waals surface area (Å²) in [6.07, 6.45) is 0. The lowest BCUT2D eigenvalue weighted by Gasteiger charge is -2.15. The molecule has 4 nitrogen and oxygen atoms in total. The highest BCUT2D eigenvalue weighted by Crippen LogP contribution is 2.27. The van der Waals surface area contributed by atoms with Crippen LogP contribution in [0.2, 0.25) is 0 Å². The number of hydrogen-bond donors (Lipinski definition) is 1. The van der Waals surface area contributed by atoms with E-state index in [1.165, 1.54) is 18.2 Å². The third-order valence-electron chi connectivity index (χ3n) is 2.84. The van der Waals surface area contributed by atoms with Crippen LogP contribution in [-0.4, -0.2) is 4.92 Å². The quantitative estimate of drug-likeness (QED) is 0.669. The number of nitro benzene ring substituents is 1. The first-order valence-electron chi connectivity index (χ1n) is 5.83. The topological polar surface area (TPSA) is 55.2 Å². The first-order chi connectivity index (χ1) is 9.08. The average Bonchev–Trinajstić information content (AvgIpc) is 2.39. The van der Waals surface area contributed by atoms with E-state index in [9.17, 15) is 14.5 Å². The van der Waals surface area contributed by atoms with Crippen LogP contribution in [0, 0.1) is 15.9 Å². The first-order valence-corrected chi connectivity index (χ1v) is 5.83. The Labute approximate surface area is 110 Å². The van der Waals surface area contributed by atoms with Crippen molar-refractivity contribution in [2.24, 2.45) is 0 Å². The van der Waals surface area contributed by atoms with Gasteiger partial charge in [0.05, 0.1) is 4.92 Å². The van der Waals surface area contributed by atoms with Gasteiger partial charge in [-0.2, -0.15) is 0 Å². The summed E-state index contributed by atoms with van der Waals surface area (Å²) in [6.45, 7) is 1.87. The van der Waals surface area contributed by atoms with Gasteiger partial charge in [-0.15, -0.1) is 0 Å². The minimum atomic E-state index is -0.431. The molecule has 2 aromatic rings. The van der Waals surface area contributed by atoms with Gasteiger partial charge in [0.1, 0.15) is 11.5 Å². The second-order valence-electron chi connectivity index (χ2n) is 4.19. The normalized spacial score (nSPS) is 11.9. The number of halogens is 1. The minimum absolute atomic E-state index is 0.0245. The zero-order chi connectivity index (χ0) is 13.8. The smallest absolute Gasteiger partial charge is 0.292 e. The van der Waals surface area contributed by atoms with Crippen LogP contribution in [0.1, 0.15) is 18.5 Å². The Hall–Kier alpha value is -2.43. The van der Waals surface area contributed by atoms with Crippen molar-refractivity contribution in [3.63, 3.8) is 0 Å². The van der Waals surface area contributed by atoms with Crippen LogP contribution in [0.15, 0.2) is 48.5 Å². The van der Waals surface area contributed by atoms with Gasteiger partial charge in [-0.1, -0.05) is 24.3 Å². The van der Waals surface area contributed by atoms with Gasteiger partial charge in [0, 0.05) is 12.1 Å². The summed E-state index contributed by atoms with van der Waals surface area (Å²) in [5.41, 5.74) is 1.33. The van der Waals surface area contributed by atoms with E-state index >= 15 is 0 Å². The first kappa shape index (κ1) is 13.0. The third kappa shape index (κ3) is 3.07. The van der Waals surface area contributed by atoms with Crippen LogP contribution in [0.5, 0.6) is 0 Å². The molecule has 0 aliphatic heterocycles. The van der Waals surface area contributed by atoms with E-state index in [-0.39, 0.29) is 17.5 Å². The summed E-state index contributed by atoms with van der Waals surface area (Å²) in [4.78, 5) is 10.5. The molecule has 1 N–H and O–H groups in total. The number of rotatable bonds is 4.